The van der Waals surface area contributed by atoms with Crippen LogP contribution in [0.1, 0.15) is 10.6 Å². The fourth-order valence-electron chi connectivity index (χ4n) is 2.40. The summed E-state index contributed by atoms with van der Waals surface area (Å²) in [6, 6.07) is 7.42. The number of carbonyl (C=O) groups is 2. The molecule has 1 aliphatic rings. The van der Waals surface area contributed by atoms with E-state index >= 15 is 0 Å². The van der Waals surface area contributed by atoms with Gasteiger partial charge in [-0.2, -0.15) is 0 Å². The van der Waals surface area contributed by atoms with E-state index in [1.54, 1.807) is 9.47 Å². The molecule has 0 spiro atoms. The molecular formula is C14H15N3O3. The maximum absolute atomic E-state index is 12.3. The van der Waals surface area contributed by atoms with Crippen molar-refractivity contribution in [3.05, 3.63) is 30.1 Å². The standard InChI is InChI=1S/C14H15N3O3/c18-10-13-15-11-3-1-2-4-12(11)17(13)9-14(19)16-5-7-20-8-6-16/h1-4,10H,5-9H2. The van der Waals surface area contributed by atoms with Gasteiger partial charge in [-0.1, -0.05) is 12.1 Å². The van der Waals surface area contributed by atoms with Crippen LogP contribution >= 0.6 is 0 Å². The third kappa shape index (κ3) is 2.30. The first-order valence-electron chi connectivity index (χ1n) is 6.55. The SMILES string of the molecule is O=Cc1nc2ccccc2n1CC(=O)N1CCOCC1. The van der Waals surface area contributed by atoms with E-state index in [0.29, 0.717) is 32.6 Å². The highest BCUT2D eigenvalue weighted by molar-refractivity contribution is 5.86. The molecule has 20 heavy (non-hydrogen) atoms. The predicted molar refractivity (Wildman–Crippen MR) is 72.5 cm³/mol. The molecule has 1 aliphatic heterocycles. The summed E-state index contributed by atoms with van der Waals surface area (Å²) in [6.45, 7) is 2.46. The number of para-hydroxylation sites is 2. The zero-order chi connectivity index (χ0) is 13.9. The number of benzene rings is 1. The van der Waals surface area contributed by atoms with Crippen molar-refractivity contribution in [2.24, 2.45) is 0 Å². The van der Waals surface area contributed by atoms with Crippen molar-refractivity contribution in [2.75, 3.05) is 26.3 Å². The number of hydrogen-bond acceptors (Lipinski definition) is 4. The Bertz CT molecular complexity index is 644. The lowest BCUT2D eigenvalue weighted by Crippen LogP contribution is -2.42. The summed E-state index contributed by atoms with van der Waals surface area (Å²) in [6.07, 6.45) is 0.687. The number of carbonyl (C=O) groups excluding carboxylic acids is 2. The van der Waals surface area contributed by atoms with Crippen molar-refractivity contribution < 1.29 is 14.3 Å². The number of nitrogens with zero attached hydrogens (tertiary/aromatic N) is 3. The Morgan fingerprint density at radius 2 is 2.05 bits per heavy atom. The monoisotopic (exact) mass is 273 g/mol. The normalized spacial score (nSPS) is 15.5. The van der Waals surface area contributed by atoms with Gasteiger partial charge in [-0.15, -0.1) is 0 Å². The molecule has 104 valence electrons. The molecule has 6 nitrogen and oxygen atoms in total. The van der Waals surface area contributed by atoms with Crippen LogP contribution in [0.4, 0.5) is 0 Å². The van der Waals surface area contributed by atoms with Gasteiger partial charge < -0.3 is 14.2 Å². The van der Waals surface area contributed by atoms with Crippen LogP contribution in [-0.4, -0.2) is 52.9 Å². The molecule has 1 amide bonds. The number of rotatable bonds is 3. The van der Waals surface area contributed by atoms with Crippen molar-refractivity contribution in [3.8, 4) is 0 Å². The largest absolute Gasteiger partial charge is 0.378 e. The minimum atomic E-state index is -0.0143. The maximum Gasteiger partial charge on any atom is 0.242 e. The number of fused-ring (bicyclic) bond motifs is 1. The second-order valence-electron chi connectivity index (χ2n) is 4.66. The van der Waals surface area contributed by atoms with Crippen molar-refractivity contribution >= 4 is 23.2 Å². The third-order valence-electron chi connectivity index (χ3n) is 3.45. The van der Waals surface area contributed by atoms with Crippen molar-refractivity contribution in [1.29, 1.82) is 0 Å². The predicted octanol–water partition coefficient (Wildman–Crippen LogP) is 0.708. The van der Waals surface area contributed by atoms with Crippen LogP contribution in [-0.2, 0) is 16.1 Å². The molecule has 0 atom stereocenters. The molecule has 1 aromatic heterocycles. The van der Waals surface area contributed by atoms with E-state index < -0.39 is 0 Å². The summed E-state index contributed by atoms with van der Waals surface area (Å²) in [4.78, 5) is 29.4. The van der Waals surface area contributed by atoms with Gasteiger partial charge in [-0.05, 0) is 12.1 Å². The van der Waals surface area contributed by atoms with E-state index in [9.17, 15) is 9.59 Å². The number of amides is 1. The molecular weight excluding hydrogens is 258 g/mol. The van der Waals surface area contributed by atoms with Gasteiger partial charge in [-0.3, -0.25) is 9.59 Å². The van der Waals surface area contributed by atoms with Crippen LogP contribution in [0.2, 0.25) is 0 Å². The van der Waals surface area contributed by atoms with Crippen LogP contribution < -0.4 is 0 Å². The van der Waals surface area contributed by atoms with Crippen LogP contribution in [0.5, 0.6) is 0 Å². The Hall–Kier alpha value is -2.21. The van der Waals surface area contributed by atoms with Gasteiger partial charge in [0.2, 0.25) is 5.91 Å². The number of aldehydes is 1. The first kappa shape index (κ1) is 12.8. The average Bonchev–Trinajstić information content (AvgIpc) is 2.86. The average molecular weight is 273 g/mol. The van der Waals surface area contributed by atoms with Crippen LogP contribution in [0.25, 0.3) is 11.0 Å². The van der Waals surface area contributed by atoms with E-state index in [2.05, 4.69) is 4.98 Å². The molecule has 0 radical (unpaired) electrons. The van der Waals surface area contributed by atoms with Gasteiger partial charge in [0.25, 0.3) is 0 Å². The summed E-state index contributed by atoms with van der Waals surface area (Å²) in [5.74, 6) is 0.271. The Balaban J connectivity index is 1.89. The molecule has 6 heteroatoms. The van der Waals surface area contributed by atoms with Gasteiger partial charge in [0.05, 0.1) is 24.2 Å². The van der Waals surface area contributed by atoms with Crippen LogP contribution in [0.15, 0.2) is 24.3 Å². The lowest BCUT2D eigenvalue weighted by molar-refractivity contribution is -0.135. The highest BCUT2D eigenvalue weighted by Crippen LogP contribution is 2.15. The summed E-state index contributed by atoms with van der Waals surface area (Å²) in [5.41, 5.74) is 1.53. The first-order chi connectivity index (χ1) is 9.79. The number of aromatic nitrogens is 2. The summed E-state index contributed by atoms with van der Waals surface area (Å²) in [5, 5.41) is 0. The maximum atomic E-state index is 12.3. The quantitative estimate of drug-likeness (QED) is 0.772. The van der Waals surface area contributed by atoms with E-state index in [1.807, 2.05) is 24.3 Å². The minimum absolute atomic E-state index is 0.0143. The molecule has 0 N–H and O–H groups in total. The zero-order valence-corrected chi connectivity index (χ0v) is 11.0. The number of imidazole rings is 1. The Kier molecular flexibility index (Phi) is 3.47. The summed E-state index contributed by atoms with van der Waals surface area (Å²) < 4.78 is 6.90. The molecule has 0 aliphatic carbocycles. The molecule has 3 rings (SSSR count). The Morgan fingerprint density at radius 3 is 2.80 bits per heavy atom. The fraction of sp³-hybridized carbons (Fsp3) is 0.357. The second-order valence-corrected chi connectivity index (χ2v) is 4.66. The smallest absolute Gasteiger partial charge is 0.242 e. The van der Waals surface area contributed by atoms with E-state index in [4.69, 9.17) is 4.74 Å². The molecule has 0 saturated carbocycles. The number of hydrogen-bond donors (Lipinski definition) is 0. The van der Waals surface area contributed by atoms with Gasteiger partial charge in [0, 0.05) is 13.1 Å². The lowest BCUT2D eigenvalue weighted by Gasteiger charge is -2.27. The van der Waals surface area contributed by atoms with Gasteiger partial charge >= 0.3 is 0 Å². The number of ether oxygens (including phenoxy) is 1. The van der Waals surface area contributed by atoms with E-state index in [0.717, 1.165) is 11.0 Å². The van der Waals surface area contributed by atoms with Crippen molar-refractivity contribution in [3.63, 3.8) is 0 Å². The van der Waals surface area contributed by atoms with E-state index in [1.165, 1.54) is 0 Å². The molecule has 1 aromatic carbocycles. The molecule has 1 fully saturated rings. The van der Waals surface area contributed by atoms with Crippen molar-refractivity contribution in [1.82, 2.24) is 14.5 Å². The minimum Gasteiger partial charge on any atom is -0.378 e. The zero-order valence-electron chi connectivity index (χ0n) is 11.0. The summed E-state index contributed by atoms with van der Waals surface area (Å²) in [7, 11) is 0. The van der Waals surface area contributed by atoms with Gasteiger partial charge in [0.1, 0.15) is 6.54 Å². The molecule has 2 aromatic rings. The van der Waals surface area contributed by atoms with E-state index in [-0.39, 0.29) is 18.3 Å². The number of morpholine rings is 1. The second kappa shape index (κ2) is 5.42. The lowest BCUT2D eigenvalue weighted by atomic mass is 10.3. The van der Waals surface area contributed by atoms with Crippen LogP contribution in [0, 0.1) is 0 Å². The highest BCUT2D eigenvalue weighted by Gasteiger charge is 2.19. The summed E-state index contributed by atoms with van der Waals surface area (Å²) >= 11 is 0. The third-order valence-corrected chi connectivity index (χ3v) is 3.45. The molecule has 2 heterocycles. The Morgan fingerprint density at radius 1 is 1.30 bits per heavy atom. The molecule has 0 bridgehead atoms. The highest BCUT2D eigenvalue weighted by atomic mass is 16.5. The topological polar surface area (TPSA) is 64.4 Å². The van der Waals surface area contributed by atoms with Crippen LogP contribution in [0.3, 0.4) is 0 Å². The van der Waals surface area contributed by atoms with Crippen molar-refractivity contribution in [2.45, 2.75) is 6.54 Å². The van der Waals surface area contributed by atoms with Gasteiger partial charge in [-0.25, -0.2) is 4.98 Å². The molecule has 0 unspecified atom stereocenters. The fourth-order valence-corrected chi connectivity index (χ4v) is 2.40. The van der Waals surface area contributed by atoms with Gasteiger partial charge in [0.15, 0.2) is 12.1 Å². The first-order valence-corrected chi connectivity index (χ1v) is 6.55. The molecule has 1 saturated heterocycles. The Labute approximate surface area is 115 Å².